The van der Waals surface area contributed by atoms with Crippen LogP contribution in [0.4, 0.5) is 0 Å². The number of aromatic amines is 1. The predicted molar refractivity (Wildman–Crippen MR) is 70.8 cm³/mol. The van der Waals surface area contributed by atoms with Crippen molar-refractivity contribution >= 4 is 5.91 Å². The minimum Gasteiger partial charge on any atom is -0.463 e. The van der Waals surface area contributed by atoms with E-state index in [1.165, 1.54) is 0 Å². The molecule has 3 rings (SSSR count). The molecule has 0 aliphatic rings. The number of furan rings is 1. The first kappa shape index (κ1) is 12.2. The smallest absolute Gasteiger partial charge is 0.271 e. The number of rotatable bonds is 5. The van der Waals surface area contributed by atoms with Crippen LogP contribution >= 0.6 is 0 Å². The number of aromatic nitrogens is 4. The molecule has 0 fully saturated rings. The molecule has 0 atom stereocenters. The normalized spacial score (nSPS) is 10.6. The number of H-pyrrole nitrogens is 1. The van der Waals surface area contributed by atoms with Crippen molar-refractivity contribution in [3.8, 4) is 11.5 Å². The number of hydrogen-bond donors (Lipinski definition) is 2. The first-order valence-corrected chi connectivity index (χ1v) is 6.16. The molecule has 0 aliphatic carbocycles. The van der Waals surface area contributed by atoms with Crippen LogP contribution in [0, 0.1) is 0 Å². The van der Waals surface area contributed by atoms with Crippen LogP contribution in [0.25, 0.3) is 11.5 Å². The van der Waals surface area contributed by atoms with Gasteiger partial charge in [-0.15, -0.1) is 0 Å². The number of carbonyl (C=O) groups excluding carboxylic acids is 1. The van der Waals surface area contributed by atoms with Crippen LogP contribution in [0.5, 0.6) is 0 Å². The van der Waals surface area contributed by atoms with Gasteiger partial charge >= 0.3 is 0 Å². The Hall–Kier alpha value is -2.83. The molecule has 2 N–H and O–H groups in total. The molecule has 3 aromatic rings. The van der Waals surface area contributed by atoms with Gasteiger partial charge in [-0.2, -0.15) is 5.10 Å². The molecule has 3 heterocycles. The standard InChI is InChI=1S/C13H13N5O2/c19-13(15-4-6-18-5-3-14-9-18)11-8-10(16-17-11)12-2-1-7-20-12/h1-3,5,7-9H,4,6H2,(H,15,19)(H,16,17). The number of amides is 1. The molecule has 0 saturated carbocycles. The minimum atomic E-state index is -0.223. The first-order chi connectivity index (χ1) is 9.83. The fraction of sp³-hybridized carbons (Fsp3) is 0.154. The van der Waals surface area contributed by atoms with Crippen molar-refractivity contribution in [1.82, 2.24) is 25.1 Å². The summed E-state index contributed by atoms with van der Waals surface area (Å²) in [6.45, 7) is 1.18. The van der Waals surface area contributed by atoms with Crippen LogP contribution in [-0.4, -0.2) is 32.2 Å². The van der Waals surface area contributed by atoms with E-state index in [-0.39, 0.29) is 5.91 Å². The number of hydrogen-bond acceptors (Lipinski definition) is 4. The third kappa shape index (κ3) is 2.61. The van der Waals surface area contributed by atoms with Crippen LogP contribution < -0.4 is 5.32 Å². The summed E-state index contributed by atoms with van der Waals surface area (Å²) in [7, 11) is 0. The predicted octanol–water partition coefficient (Wildman–Crippen LogP) is 1.30. The van der Waals surface area contributed by atoms with Crippen molar-refractivity contribution in [2.24, 2.45) is 0 Å². The summed E-state index contributed by atoms with van der Waals surface area (Å²) in [5.41, 5.74) is 1.01. The van der Waals surface area contributed by atoms with Crippen molar-refractivity contribution < 1.29 is 9.21 Å². The quantitative estimate of drug-likeness (QED) is 0.732. The summed E-state index contributed by atoms with van der Waals surface area (Å²) in [5.74, 6) is 0.425. The summed E-state index contributed by atoms with van der Waals surface area (Å²) in [6, 6.07) is 5.24. The van der Waals surface area contributed by atoms with Gasteiger partial charge in [-0.3, -0.25) is 9.89 Å². The van der Waals surface area contributed by atoms with Gasteiger partial charge in [0, 0.05) is 31.5 Å². The molecule has 20 heavy (non-hydrogen) atoms. The number of imidazole rings is 1. The fourth-order valence-corrected chi connectivity index (χ4v) is 1.80. The van der Waals surface area contributed by atoms with E-state index >= 15 is 0 Å². The molecule has 7 heteroatoms. The molecule has 0 spiro atoms. The van der Waals surface area contributed by atoms with Gasteiger partial charge in [0.05, 0.1) is 12.6 Å². The maximum Gasteiger partial charge on any atom is 0.271 e. The van der Waals surface area contributed by atoms with Gasteiger partial charge < -0.3 is 14.3 Å². The number of nitrogens with zero attached hydrogens (tertiary/aromatic N) is 3. The van der Waals surface area contributed by atoms with Gasteiger partial charge in [0.15, 0.2) is 11.5 Å². The van der Waals surface area contributed by atoms with E-state index < -0.39 is 0 Å². The maximum absolute atomic E-state index is 11.9. The van der Waals surface area contributed by atoms with Crippen molar-refractivity contribution in [1.29, 1.82) is 0 Å². The second-order valence-electron chi connectivity index (χ2n) is 4.20. The van der Waals surface area contributed by atoms with E-state index in [0.717, 1.165) is 0 Å². The molecule has 1 amide bonds. The van der Waals surface area contributed by atoms with Gasteiger partial charge in [0.2, 0.25) is 0 Å². The summed E-state index contributed by atoms with van der Waals surface area (Å²) < 4.78 is 7.12. The molecule has 7 nitrogen and oxygen atoms in total. The van der Waals surface area contributed by atoms with E-state index in [1.807, 2.05) is 10.8 Å². The SMILES string of the molecule is O=C(NCCn1ccnc1)c1cc(-c2ccco2)[nH]n1. The lowest BCUT2D eigenvalue weighted by Gasteiger charge is -2.03. The van der Waals surface area contributed by atoms with E-state index in [1.54, 1.807) is 37.0 Å². The van der Waals surface area contributed by atoms with Crippen molar-refractivity contribution in [3.63, 3.8) is 0 Å². The third-order valence-corrected chi connectivity index (χ3v) is 2.81. The molecule has 0 radical (unpaired) electrons. The molecular formula is C13H13N5O2. The largest absolute Gasteiger partial charge is 0.463 e. The van der Waals surface area contributed by atoms with E-state index in [4.69, 9.17) is 4.42 Å². The molecule has 102 valence electrons. The minimum absolute atomic E-state index is 0.223. The van der Waals surface area contributed by atoms with Gasteiger partial charge in [0.25, 0.3) is 5.91 Å². The zero-order chi connectivity index (χ0) is 13.8. The number of nitrogens with one attached hydrogen (secondary N) is 2. The van der Waals surface area contributed by atoms with E-state index in [9.17, 15) is 4.79 Å². The monoisotopic (exact) mass is 271 g/mol. The zero-order valence-corrected chi connectivity index (χ0v) is 10.6. The van der Waals surface area contributed by atoms with Crippen LogP contribution in [0.3, 0.4) is 0 Å². The molecule has 0 bridgehead atoms. The molecule has 0 aromatic carbocycles. The van der Waals surface area contributed by atoms with E-state index in [0.29, 0.717) is 30.2 Å². The van der Waals surface area contributed by atoms with Crippen molar-refractivity contribution in [2.75, 3.05) is 6.54 Å². The maximum atomic E-state index is 11.9. The molecular weight excluding hydrogens is 258 g/mol. The lowest BCUT2D eigenvalue weighted by Crippen LogP contribution is -2.27. The summed E-state index contributed by atoms with van der Waals surface area (Å²) in [5, 5.41) is 9.54. The Morgan fingerprint density at radius 3 is 3.20 bits per heavy atom. The number of carbonyl (C=O) groups is 1. The third-order valence-electron chi connectivity index (χ3n) is 2.81. The molecule has 3 aromatic heterocycles. The Bertz CT molecular complexity index is 670. The topological polar surface area (TPSA) is 88.7 Å². The van der Waals surface area contributed by atoms with E-state index in [2.05, 4.69) is 20.5 Å². The van der Waals surface area contributed by atoms with Crippen molar-refractivity contribution in [2.45, 2.75) is 6.54 Å². The lowest BCUT2D eigenvalue weighted by molar-refractivity contribution is 0.0947. The van der Waals surface area contributed by atoms with Gasteiger partial charge in [-0.05, 0) is 12.1 Å². The Morgan fingerprint density at radius 2 is 2.45 bits per heavy atom. The summed E-state index contributed by atoms with van der Waals surface area (Å²) in [4.78, 5) is 15.8. The van der Waals surface area contributed by atoms with Crippen LogP contribution in [0.1, 0.15) is 10.5 Å². The summed E-state index contributed by atoms with van der Waals surface area (Å²) in [6.07, 6.45) is 6.82. The van der Waals surface area contributed by atoms with Gasteiger partial charge in [0.1, 0.15) is 5.69 Å². The lowest BCUT2D eigenvalue weighted by atomic mass is 10.3. The average Bonchev–Trinajstić information content (AvgIpc) is 3.20. The Labute approximate surface area is 114 Å². The van der Waals surface area contributed by atoms with Crippen LogP contribution in [0.15, 0.2) is 47.6 Å². The Balaban J connectivity index is 1.57. The second-order valence-corrected chi connectivity index (χ2v) is 4.20. The Kier molecular flexibility index (Phi) is 3.32. The molecule has 0 saturated heterocycles. The first-order valence-electron chi connectivity index (χ1n) is 6.16. The van der Waals surface area contributed by atoms with Gasteiger partial charge in [-0.25, -0.2) is 4.98 Å². The highest BCUT2D eigenvalue weighted by molar-refractivity contribution is 5.93. The highest BCUT2D eigenvalue weighted by atomic mass is 16.3. The molecule has 0 unspecified atom stereocenters. The Morgan fingerprint density at radius 1 is 1.50 bits per heavy atom. The zero-order valence-electron chi connectivity index (χ0n) is 10.6. The molecule has 0 aliphatic heterocycles. The summed E-state index contributed by atoms with van der Waals surface area (Å²) >= 11 is 0. The van der Waals surface area contributed by atoms with Crippen LogP contribution in [0.2, 0.25) is 0 Å². The highest BCUT2D eigenvalue weighted by Crippen LogP contribution is 2.17. The van der Waals surface area contributed by atoms with Crippen LogP contribution in [-0.2, 0) is 6.54 Å². The van der Waals surface area contributed by atoms with Gasteiger partial charge in [-0.1, -0.05) is 0 Å². The average molecular weight is 271 g/mol. The van der Waals surface area contributed by atoms with Crippen molar-refractivity contribution in [3.05, 3.63) is 48.9 Å². The fourth-order valence-electron chi connectivity index (χ4n) is 1.80. The highest BCUT2D eigenvalue weighted by Gasteiger charge is 2.12. The second kappa shape index (κ2) is 5.43.